The predicted molar refractivity (Wildman–Crippen MR) is 84.7 cm³/mol. The number of nitrogens with one attached hydrogen (secondary N) is 2. The molecule has 122 valence electrons. The number of thioether (sulfide) groups is 1. The molecule has 0 aliphatic carbocycles. The largest absolute Gasteiger partial charge is 0.327 e. The highest BCUT2D eigenvalue weighted by molar-refractivity contribution is 8.00. The van der Waals surface area contributed by atoms with Crippen molar-refractivity contribution in [2.24, 2.45) is 5.92 Å². The lowest BCUT2D eigenvalue weighted by Crippen LogP contribution is -2.74. The Balaban J connectivity index is 2.21. The summed E-state index contributed by atoms with van der Waals surface area (Å²) in [6.07, 6.45) is 2.79. The number of unbranched alkanes of at least 4 members (excludes halogenated alkanes) is 1. The lowest BCUT2D eigenvalue weighted by molar-refractivity contribution is -0.140. The fraction of sp³-hybridized carbons (Fsp3) is 0.786. The Kier molecular flexibility index (Phi) is 5.67. The zero-order valence-corrected chi connectivity index (χ0v) is 14.0. The normalized spacial score (nSPS) is 31.9. The highest BCUT2D eigenvalue weighted by Gasteiger charge is 2.50. The topological polar surface area (TPSA) is 88.5 Å². The number of amides is 3. The highest BCUT2D eigenvalue weighted by Crippen LogP contribution is 2.31. The third-order valence-electron chi connectivity index (χ3n) is 4.20. The van der Waals surface area contributed by atoms with E-state index < -0.39 is 0 Å². The van der Waals surface area contributed by atoms with E-state index in [1.54, 1.807) is 11.9 Å². The first kappa shape index (κ1) is 17.1. The van der Waals surface area contributed by atoms with Crippen LogP contribution >= 0.6 is 11.8 Å². The quantitative estimate of drug-likeness (QED) is 0.775. The van der Waals surface area contributed by atoms with Crippen LogP contribution in [0.5, 0.6) is 0 Å². The number of hydrogen-bond donors (Lipinski definition) is 2. The van der Waals surface area contributed by atoms with Gasteiger partial charge in [0.05, 0.1) is 35.4 Å². The monoisotopic (exact) mass is 325 g/mol. The fourth-order valence-corrected chi connectivity index (χ4v) is 3.96. The molecule has 7 nitrogen and oxygen atoms in total. The van der Waals surface area contributed by atoms with E-state index in [1.807, 2.05) is 0 Å². The Morgan fingerprint density at radius 1 is 1.32 bits per heavy atom. The van der Waals surface area contributed by atoms with Gasteiger partial charge in [0, 0.05) is 14.1 Å². The molecule has 2 heterocycles. The van der Waals surface area contributed by atoms with Gasteiger partial charge in [-0.15, -0.1) is 11.8 Å². The number of rotatable bonds is 5. The second-order valence-corrected chi connectivity index (χ2v) is 6.81. The second-order valence-electron chi connectivity index (χ2n) is 5.68. The molecule has 0 aromatic rings. The number of nitriles is 1. The van der Waals surface area contributed by atoms with E-state index in [2.05, 4.69) is 23.6 Å². The first-order chi connectivity index (χ1) is 10.5. The van der Waals surface area contributed by atoms with Gasteiger partial charge in [-0.2, -0.15) is 5.26 Å². The third kappa shape index (κ3) is 3.21. The maximum Gasteiger partial charge on any atom is 0.327 e. The Morgan fingerprint density at radius 3 is 2.68 bits per heavy atom. The highest BCUT2D eigenvalue weighted by atomic mass is 32.2. The second kappa shape index (κ2) is 7.31. The number of hydrogen-bond acceptors (Lipinski definition) is 6. The smallest absolute Gasteiger partial charge is 0.311 e. The van der Waals surface area contributed by atoms with Crippen molar-refractivity contribution in [2.45, 2.75) is 43.9 Å². The van der Waals surface area contributed by atoms with Crippen molar-refractivity contribution in [1.29, 1.82) is 5.26 Å². The summed E-state index contributed by atoms with van der Waals surface area (Å²) in [6.45, 7) is 2.13. The van der Waals surface area contributed by atoms with Crippen LogP contribution in [-0.4, -0.2) is 59.3 Å². The maximum atomic E-state index is 12.5. The third-order valence-corrected chi connectivity index (χ3v) is 5.28. The molecule has 2 rings (SSSR count). The van der Waals surface area contributed by atoms with Crippen molar-refractivity contribution < 1.29 is 9.59 Å². The van der Waals surface area contributed by atoms with Crippen LogP contribution in [0, 0.1) is 17.2 Å². The van der Waals surface area contributed by atoms with Crippen molar-refractivity contribution in [3.05, 3.63) is 0 Å². The lowest BCUT2D eigenvalue weighted by atomic mass is 9.96. The van der Waals surface area contributed by atoms with E-state index in [9.17, 15) is 9.59 Å². The van der Waals surface area contributed by atoms with E-state index >= 15 is 0 Å². The number of fused-ring (bicyclic) bond motifs is 1. The van der Waals surface area contributed by atoms with Crippen molar-refractivity contribution in [2.75, 3.05) is 19.8 Å². The predicted octanol–water partition coefficient (Wildman–Crippen LogP) is 0.744. The molecular weight excluding hydrogens is 302 g/mol. The molecule has 3 amide bonds. The Labute approximate surface area is 135 Å². The van der Waals surface area contributed by atoms with Crippen LogP contribution in [0.4, 0.5) is 4.79 Å². The summed E-state index contributed by atoms with van der Waals surface area (Å²) in [7, 11) is 3.22. The summed E-state index contributed by atoms with van der Waals surface area (Å²) >= 11 is 1.43. The molecule has 0 saturated carbocycles. The summed E-state index contributed by atoms with van der Waals surface area (Å²) in [5.41, 5.74) is 0. The minimum atomic E-state index is -0.385. The van der Waals surface area contributed by atoms with Crippen LogP contribution < -0.4 is 10.6 Å². The van der Waals surface area contributed by atoms with Crippen LogP contribution in [0.1, 0.15) is 26.2 Å². The van der Waals surface area contributed by atoms with Crippen molar-refractivity contribution >= 4 is 23.7 Å². The van der Waals surface area contributed by atoms with Gasteiger partial charge in [0.15, 0.2) is 0 Å². The number of carbonyl (C=O) groups is 2. The summed E-state index contributed by atoms with van der Waals surface area (Å²) < 4.78 is 0. The van der Waals surface area contributed by atoms with E-state index in [0.29, 0.717) is 5.75 Å². The van der Waals surface area contributed by atoms with Gasteiger partial charge in [0.1, 0.15) is 0 Å². The van der Waals surface area contributed by atoms with Crippen LogP contribution in [0.15, 0.2) is 0 Å². The van der Waals surface area contributed by atoms with Crippen LogP contribution in [0.3, 0.4) is 0 Å². The molecule has 2 saturated heterocycles. The molecule has 2 fully saturated rings. The van der Waals surface area contributed by atoms with Crippen molar-refractivity contribution in [1.82, 2.24) is 20.4 Å². The SMILES string of the molecule is CCCCC1NC(SCC#N)C2C(=O)N(C)C(=O)N(C)C2N1. The van der Waals surface area contributed by atoms with E-state index in [4.69, 9.17) is 5.26 Å². The van der Waals surface area contributed by atoms with Crippen molar-refractivity contribution in [3.8, 4) is 6.07 Å². The molecule has 0 spiro atoms. The summed E-state index contributed by atoms with van der Waals surface area (Å²) in [5.74, 6) is -0.267. The fourth-order valence-electron chi connectivity index (χ4n) is 2.97. The average molecular weight is 325 g/mol. The minimum absolute atomic E-state index is 0.0452. The zero-order valence-electron chi connectivity index (χ0n) is 13.2. The van der Waals surface area contributed by atoms with Gasteiger partial charge in [-0.25, -0.2) is 4.79 Å². The molecule has 0 bridgehead atoms. The van der Waals surface area contributed by atoms with Gasteiger partial charge in [0.25, 0.3) is 0 Å². The van der Waals surface area contributed by atoms with Gasteiger partial charge >= 0.3 is 6.03 Å². The molecule has 0 radical (unpaired) electrons. The van der Waals surface area contributed by atoms with Gasteiger partial charge < -0.3 is 4.90 Å². The first-order valence-electron chi connectivity index (χ1n) is 7.56. The number of carbonyl (C=O) groups excluding carboxylic acids is 2. The Hall–Kier alpha value is -1.30. The molecular formula is C14H23N5O2S. The molecule has 0 aromatic carbocycles. The van der Waals surface area contributed by atoms with Crippen LogP contribution in [0.25, 0.3) is 0 Å². The molecule has 2 aliphatic rings. The lowest BCUT2D eigenvalue weighted by Gasteiger charge is -2.50. The van der Waals surface area contributed by atoms with E-state index in [1.165, 1.54) is 18.8 Å². The molecule has 8 heteroatoms. The average Bonchev–Trinajstić information content (AvgIpc) is 2.53. The summed E-state index contributed by atoms with van der Waals surface area (Å²) in [5, 5.41) is 15.5. The minimum Gasteiger partial charge on any atom is -0.311 e. The van der Waals surface area contributed by atoms with Crippen LogP contribution in [-0.2, 0) is 4.79 Å². The van der Waals surface area contributed by atoms with Crippen molar-refractivity contribution in [3.63, 3.8) is 0 Å². The van der Waals surface area contributed by atoms with Gasteiger partial charge in [-0.05, 0) is 6.42 Å². The van der Waals surface area contributed by atoms with E-state index in [0.717, 1.165) is 24.2 Å². The molecule has 2 aliphatic heterocycles. The molecule has 4 unspecified atom stereocenters. The first-order valence-corrected chi connectivity index (χ1v) is 8.61. The molecule has 4 atom stereocenters. The number of nitrogens with zero attached hydrogens (tertiary/aromatic N) is 3. The molecule has 2 N–H and O–H groups in total. The van der Waals surface area contributed by atoms with Gasteiger partial charge in [-0.1, -0.05) is 19.8 Å². The Bertz CT molecular complexity index is 480. The molecule has 0 aromatic heterocycles. The summed E-state index contributed by atoms with van der Waals surface area (Å²) in [4.78, 5) is 27.4. The molecule has 22 heavy (non-hydrogen) atoms. The van der Waals surface area contributed by atoms with E-state index in [-0.39, 0.29) is 35.6 Å². The van der Waals surface area contributed by atoms with Gasteiger partial charge in [0.2, 0.25) is 5.91 Å². The number of imide groups is 1. The Morgan fingerprint density at radius 2 is 2.05 bits per heavy atom. The van der Waals surface area contributed by atoms with Gasteiger partial charge in [-0.3, -0.25) is 20.3 Å². The standard InChI is InChI=1S/C14H23N5O2S/c1-4-5-6-9-16-11-10(12(17-9)22-8-7-15)13(20)19(3)14(21)18(11)2/h9-12,16-17H,4-6,8H2,1-3H3. The number of urea groups is 1. The van der Waals surface area contributed by atoms with Crippen LogP contribution in [0.2, 0.25) is 0 Å². The maximum absolute atomic E-state index is 12.5. The summed E-state index contributed by atoms with van der Waals surface area (Å²) in [6, 6.07) is 1.82. The zero-order chi connectivity index (χ0) is 16.3.